The lowest BCUT2D eigenvalue weighted by Crippen LogP contribution is -2.63. The zero-order chi connectivity index (χ0) is 18.9. The van der Waals surface area contributed by atoms with Crippen molar-refractivity contribution < 1.29 is 35.8 Å². The highest BCUT2D eigenvalue weighted by Crippen LogP contribution is 2.52. The summed E-state index contributed by atoms with van der Waals surface area (Å²) in [6.07, 6.45) is -11.8. The summed E-state index contributed by atoms with van der Waals surface area (Å²) in [7, 11) is 0. The summed E-state index contributed by atoms with van der Waals surface area (Å²) in [5.41, 5.74) is -3.34. The molecule has 1 aromatic rings. The molecule has 25 heavy (non-hydrogen) atoms. The van der Waals surface area contributed by atoms with Crippen molar-refractivity contribution in [2.45, 2.75) is 38.5 Å². The third-order valence-electron chi connectivity index (χ3n) is 3.61. The molecule has 1 aliphatic heterocycles. The number of hydrogen-bond donors (Lipinski definition) is 0. The van der Waals surface area contributed by atoms with Crippen molar-refractivity contribution in [1.29, 1.82) is 0 Å². The molecule has 0 spiro atoms. The molecule has 3 nitrogen and oxygen atoms in total. The highest BCUT2D eigenvalue weighted by molar-refractivity contribution is 5.60. The minimum absolute atomic E-state index is 0.0595. The van der Waals surface area contributed by atoms with E-state index in [2.05, 4.69) is 0 Å². The lowest BCUT2D eigenvalue weighted by molar-refractivity contribution is -0.254. The van der Waals surface area contributed by atoms with Gasteiger partial charge >= 0.3 is 12.4 Å². The number of para-hydroxylation sites is 1. The molecule has 1 fully saturated rings. The van der Waals surface area contributed by atoms with Crippen LogP contribution in [0.3, 0.4) is 0 Å². The van der Waals surface area contributed by atoms with Gasteiger partial charge in [0, 0.05) is 24.6 Å². The van der Waals surface area contributed by atoms with Crippen molar-refractivity contribution in [2.24, 2.45) is 0 Å². The molecule has 140 valence electrons. The summed E-state index contributed by atoms with van der Waals surface area (Å²) in [5, 5.41) is 0. The molecule has 0 unspecified atom stereocenters. The number of anilines is 1. The fraction of sp³-hybridized carbons (Fsp3) is 0.500. The van der Waals surface area contributed by atoms with E-state index in [1.54, 1.807) is 19.9 Å². The minimum atomic E-state index is -5.55. The Bertz CT molecular complexity index is 602. The lowest BCUT2D eigenvalue weighted by Gasteiger charge is -2.54. The topological polar surface area (TPSA) is 21.7 Å². The minimum Gasteiger partial charge on any atom is -0.332 e. The maximum absolute atomic E-state index is 13.1. The van der Waals surface area contributed by atoms with Crippen molar-refractivity contribution in [1.82, 2.24) is 0 Å². The van der Waals surface area contributed by atoms with Gasteiger partial charge < -0.3 is 9.47 Å². The van der Waals surface area contributed by atoms with E-state index in [4.69, 9.17) is 9.47 Å². The molecule has 1 saturated heterocycles. The average molecular weight is 369 g/mol. The molecule has 0 atom stereocenters. The number of allylic oxidation sites excluding steroid dienone is 1. The first-order valence-corrected chi connectivity index (χ1v) is 7.57. The first kappa shape index (κ1) is 19.6. The van der Waals surface area contributed by atoms with Crippen LogP contribution in [0.1, 0.15) is 20.3 Å². The molecule has 0 aliphatic carbocycles. The fourth-order valence-corrected chi connectivity index (χ4v) is 2.83. The van der Waals surface area contributed by atoms with Crippen molar-refractivity contribution in [3.05, 3.63) is 41.6 Å². The second-order valence-electron chi connectivity index (χ2n) is 5.24. The maximum atomic E-state index is 13.1. The molecule has 1 aliphatic rings. The average Bonchev–Trinajstić information content (AvgIpc) is 2.45. The molecule has 1 aromatic carbocycles. The summed E-state index contributed by atoms with van der Waals surface area (Å²) in [6.45, 7) is 3.29. The Morgan fingerprint density at radius 2 is 1.44 bits per heavy atom. The van der Waals surface area contributed by atoms with Crippen LogP contribution in [-0.2, 0) is 9.47 Å². The quantitative estimate of drug-likeness (QED) is 0.538. The van der Waals surface area contributed by atoms with Gasteiger partial charge in [-0.1, -0.05) is 18.2 Å². The van der Waals surface area contributed by atoms with Gasteiger partial charge in [-0.15, -0.1) is 0 Å². The van der Waals surface area contributed by atoms with E-state index in [0.29, 0.717) is 0 Å². The Morgan fingerprint density at radius 1 is 0.960 bits per heavy atom. The number of benzene rings is 1. The lowest BCUT2D eigenvalue weighted by atomic mass is 9.95. The summed E-state index contributed by atoms with van der Waals surface area (Å²) >= 11 is 0. The van der Waals surface area contributed by atoms with Gasteiger partial charge in [0.1, 0.15) is 0 Å². The van der Waals surface area contributed by atoms with Gasteiger partial charge in [-0.25, -0.2) is 0 Å². The van der Waals surface area contributed by atoms with Crippen LogP contribution in [0.25, 0.3) is 0 Å². The first-order valence-electron chi connectivity index (χ1n) is 7.57. The van der Waals surface area contributed by atoms with Crippen LogP contribution in [0.2, 0.25) is 0 Å². The van der Waals surface area contributed by atoms with Crippen molar-refractivity contribution in [3.63, 3.8) is 0 Å². The van der Waals surface area contributed by atoms with Crippen LogP contribution in [0.5, 0.6) is 0 Å². The molecule has 0 saturated carbocycles. The number of alkyl halides is 6. The third kappa shape index (κ3) is 3.77. The van der Waals surface area contributed by atoms with E-state index in [-0.39, 0.29) is 18.9 Å². The van der Waals surface area contributed by atoms with E-state index in [0.717, 1.165) is 4.90 Å². The first-order chi connectivity index (χ1) is 11.6. The molecule has 1 heterocycles. The number of hydrogen-bond acceptors (Lipinski definition) is 3. The van der Waals surface area contributed by atoms with Gasteiger partial charge in [-0.2, -0.15) is 26.3 Å². The molecular weight excluding hydrogens is 352 g/mol. The summed E-state index contributed by atoms with van der Waals surface area (Å²) in [6, 6.07) is 7.42. The van der Waals surface area contributed by atoms with E-state index in [9.17, 15) is 26.3 Å². The summed E-state index contributed by atoms with van der Waals surface area (Å²) < 4.78 is 89.5. The standard InChI is InChI=1S/C16H17F6NO2/c1-3-24-14(25-4-2)10-12(13(15(17,18)19)16(20,21)22)23(14)11-8-6-5-7-9-11/h5-9H,3-4,10H2,1-2H3. The Hall–Kier alpha value is -1.74. The molecule has 0 radical (unpaired) electrons. The van der Waals surface area contributed by atoms with E-state index in [1.165, 1.54) is 24.3 Å². The maximum Gasteiger partial charge on any atom is 0.423 e. The second kappa shape index (κ2) is 6.87. The predicted molar refractivity (Wildman–Crippen MR) is 78.7 cm³/mol. The second-order valence-corrected chi connectivity index (χ2v) is 5.24. The zero-order valence-corrected chi connectivity index (χ0v) is 13.5. The molecule has 9 heteroatoms. The molecule has 2 rings (SSSR count). The Kier molecular flexibility index (Phi) is 5.38. The number of rotatable bonds is 5. The van der Waals surface area contributed by atoms with Crippen LogP contribution in [0, 0.1) is 0 Å². The van der Waals surface area contributed by atoms with Gasteiger partial charge in [0.25, 0.3) is 5.91 Å². The molecule has 0 aromatic heterocycles. The number of halogens is 6. The fourth-order valence-electron chi connectivity index (χ4n) is 2.83. The summed E-state index contributed by atoms with van der Waals surface area (Å²) in [4.78, 5) is 0.830. The normalized spacial score (nSPS) is 17.4. The van der Waals surface area contributed by atoms with Gasteiger partial charge in [0.05, 0.1) is 6.42 Å². The Labute approximate surface area is 140 Å². The van der Waals surface area contributed by atoms with Gasteiger partial charge in [0.15, 0.2) is 5.57 Å². The smallest absolute Gasteiger partial charge is 0.332 e. The molecule has 0 bridgehead atoms. The van der Waals surface area contributed by atoms with Gasteiger partial charge in [-0.3, -0.25) is 4.90 Å². The van der Waals surface area contributed by atoms with Crippen LogP contribution in [-0.4, -0.2) is 31.5 Å². The van der Waals surface area contributed by atoms with E-state index < -0.39 is 36.0 Å². The summed E-state index contributed by atoms with van der Waals surface area (Å²) in [5.74, 6) is -1.69. The highest BCUT2D eigenvalue weighted by Gasteiger charge is 2.61. The van der Waals surface area contributed by atoms with Crippen molar-refractivity contribution >= 4 is 5.69 Å². The third-order valence-corrected chi connectivity index (χ3v) is 3.61. The van der Waals surface area contributed by atoms with Crippen molar-refractivity contribution in [3.8, 4) is 0 Å². The largest absolute Gasteiger partial charge is 0.423 e. The molecule has 0 N–H and O–H groups in total. The monoisotopic (exact) mass is 369 g/mol. The van der Waals surface area contributed by atoms with E-state index in [1.807, 2.05) is 0 Å². The van der Waals surface area contributed by atoms with Gasteiger partial charge in [0.2, 0.25) is 0 Å². The SMILES string of the molecule is CCOC1(OCC)CC(=C(C(F)(F)F)C(F)(F)F)N1c1ccccc1. The predicted octanol–water partition coefficient (Wildman–Crippen LogP) is 5.00. The van der Waals surface area contributed by atoms with Crippen LogP contribution >= 0.6 is 0 Å². The number of nitrogens with zero attached hydrogens (tertiary/aromatic N) is 1. The molecular formula is C16H17F6NO2. The zero-order valence-electron chi connectivity index (χ0n) is 13.5. The Morgan fingerprint density at radius 3 is 1.84 bits per heavy atom. The number of ether oxygens (including phenoxy) is 2. The van der Waals surface area contributed by atoms with Crippen LogP contribution in [0.15, 0.2) is 41.6 Å². The van der Waals surface area contributed by atoms with Gasteiger partial charge in [-0.05, 0) is 26.0 Å². The Balaban J connectivity index is 2.64. The van der Waals surface area contributed by atoms with E-state index >= 15 is 0 Å². The van der Waals surface area contributed by atoms with Crippen LogP contribution in [0.4, 0.5) is 32.0 Å². The van der Waals surface area contributed by atoms with Crippen LogP contribution < -0.4 is 4.90 Å². The van der Waals surface area contributed by atoms with Crippen molar-refractivity contribution in [2.75, 3.05) is 18.1 Å². The molecule has 0 amide bonds. The highest BCUT2D eigenvalue weighted by atomic mass is 19.4.